The molecule has 1 saturated heterocycles. The molecule has 1 aromatic rings. The minimum absolute atomic E-state index is 0.0182. The van der Waals surface area contributed by atoms with Gasteiger partial charge in [0.2, 0.25) is 0 Å². The van der Waals surface area contributed by atoms with Gasteiger partial charge in [-0.25, -0.2) is 0 Å². The second kappa shape index (κ2) is 10.6. The summed E-state index contributed by atoms with van der Waals surface area (Å²) in [6, 6.07) is 10.1. The van der Waals surface area contributed by atoms with Gasteiger partial charge in [-0.05, 0) is 18.9 Å². The standard InChI is InChI=1S/C17H23NO3.C2H4O2/c1-3-14-16(17(20)21-4-2)15(19)10-11-18(14)12-13-8-6-5-7-9-13;1-2(3)4/h5-9,14,16H,3-4,10-12H2,1-2H3;1H3,(H,3,4). The maximum atomic E-state index is 12.2. The van der Waals surface area contributed by atoms with E-state index in [1.807, 2.05) is 25.1 Å². The van der Waals surface area contributed by atoms with Crippen LogP contribution in [-0.2, 0) is 25.7 Å². The van der Waals surface area contributed by atoms with Crippen molar-refractivity contribution >= 4 is 17.7 Å². The molecule has 6 nitrogen and oxygen atoms in total. The number of rotatable bonds is 5. The van der Waals surface area contributed by atoms with E-state index >= 15 is 0 Å². The Morgan fingerprint density at radius 1 is 1.24 bits per heavy atom. The molecule has 2 atom stereocenters. The van der Waals surface area contributed by atoms with E-state index in [0.717, 1.165) is 19.9 Å². The van der Waals surface area contributed by atoms with Gasteiger partial charge in [-0.3, -0.25) is 19.3 Å². The first-order valence-corrected chi connectivity index (χ1v) is 8.57. The highest BCUT2D eigenvalue weighted by atomic mass is 16.5. The molecule has 0 radical (unpaired) electrons. The predicted octanol–water partition coefficient (Wildman–Crippen LogP) is 2.51. The number of carbonyl (C=O) groups excluding carboxylic acids is 2. The van der Waals surface area contributed by atoms with Crippen molar-refractivity contribution in [3.05, 3.63) is 35.9 Å². The van der Waals surface area contributed by atoms with Gasteiger partial charge in [-0.1, -0.05) is 37.3 Å². The van der Waals surface area contributed by atoms with E-state index in [1.165, 1.54) is 5.56 Å². The molecule has 0 aromatic heterocycles. The Kier molecular flexibility index (Phi) is 8.84. The lowest BCUT2D eigenvalue weighted by atomic mass is 9.86. The quantitative estimate of drug-likeness (QED) is 0.649. The Morgan fingerprint density at radius 3 is 2.36 bits per heavy atom. The molecule has 1 fully saturated rings. The zero-order valence-electron chi connectivity index (χ0n) is 15.1. The molecular formula is C19H27NO5. The number of aliphatic carboxylic acids is 1. The average Bonchev–Trinajstić information content (AvgIpc) is 2.56. The Morgan fingerprint density at radius 2 is 1.84 bits per heavy atom. The van der Waals surface area contributed by atoms with Crippen molar-refractivity contribution in [1.29, 1.82) is 0 Å². The molecule has 1 aliphatic rings. The number of nitrogens with zero attached hydrogens (tertiary/aromatic N) is 1. The molecule has 1 N–H and O–H groups in total. The van der Waals surface area contributed by atoms with Crippen LogP contribution in [0.4, 0.5) is 0 Å². The molecule has 1 heterocycles. The minimum atomic E-state index is -0.833. The average molecular weight is 349 g/mol. The summed E-state index contributed by atoms with van der Waals surface area (Å²) in [7, 11) is 0. The number of benzene rings is 1. The number of ether oxygens (including phenoxy) is 1. The first-order chi connectivity index (χ1) is 11.9. The fourth-order valence-corrected chi connectivity index (χ4v) is 3.03. The monoisotopic (exact) mass is 349 g/mol. The van der Waals surface area contributed by atoms with E-state index in [9.17, 15) is 9.59 Å². The second-order valence-electron chi connectivity index (χ2n) is 5.90. The topological polar surface area (TPSA) is 83.9 Å². The summed E-state index contributed by atoms with van der Waals surface area (Å²) >= 11 is 0. The van der Waals surface area contributed by atoms with E-state index in [0.29, 0.717) is 19.6 Å². The van der Waals surface area contributed by atoms with Gasteiger partial charge in [0.1, 0.15) is 11.7 Å². The lowest BCUT2D eigenvalue weighted by molar-refractivity contribution is -0.157. The van der Waals surface area contributed by atoms with Crippen LogP contribution in [0.5, 0.6) is 0 Å². The van der Waals surface area contributed by atoms with Crippen molar-refractivity contribution in [1.82, 2.24) is 4.90 Å². The number of carboxylic acids is 1. The number of esters is 1. The number of piperidine rings is 1. The van der Waals surface area contributed by atoms with E-state index in [2.05, 4.69) is 17.0 Å². The van der Waals surface area contributed by atoms with Crippen LogP contribution in [0.1, 0.15) is 39.2 Å². The Hall–Kier alpha value is -2.21. The number of hydrogen-bond donors (Lipinski definition) is 1. The van der Waals surface area contributed by atoms with Gasteiger partial charge in [0.05, 0.1) is 6.61 Å². The van der Waals surface area contributed by atoms with Crippen LogP contribution in [0, 0.1) is 5.92 Å². The fourth-order valence-electron chi connectivity index (χ4n) is 3.03. The third kappa shape index (κ3) is 6.66. The fraction of sp³-hybridized carbons (Fsp3) is 0.526. The van der Waals surface area contributed by atoms with Crippen molar-refractivity contribution < 1.29 is 24.2 Å². The molecular weight excluding hydrogens is 322 g/mol. The van der Waals surface area contributed by atoms with Gasteiger partial charge in [0, 0.05) is 32.5 Å². The summed E-state index contributed by atoms with van der Waals surface area (Å²) in [6.07, 6.45) is 1.19. The van der Waals surface area contributed by atoms with Crippen LogP contribution in [0.3, 0.4) is 0 Å². The summed E-state index contributed by atoms with van der Waals surface area (Å²) in [5.74, 6) is -1.82. The molecule has 0 bridgehead atoms. The molecule has 1 aliphatic heterocycles. The number of carbonyl (C=O) groups is 3. The minimum Gasteiger partial charge on any atom is -0.481 e. The lowest BCUT2D eigenvalue weighted by Crippen LogP contribution is -2.52. The summed E-state index contributed by atoms with van der Waals surface area (Å²) in [5.41, 5.74) is 1.20. The Balaban J connectivity index is 0.000000705. The van der Waals surface area contributed by atoms with E-state index < -0.39 is 11.9 Å². The SMILES string of the molecule is CC(=O)O.CCOC(=O)C1C(=O)CCN(Cc2ccccc2)C1CC. The zero-order chi connectivity index (χ0) is 18.8. The smallest absolute Gasteiger partial charge is 0.318 e. The molecule has 0 amide bonds. The van der Waals surface area contributed by atoms with Gasteiger partial charge in [0.15, 0.2) is 0 Å². The van der Waals surface area contributed by atoms with Gasteiger partial charge in [-0.2, -0.15) is 0 Å². The van der Waals surface area contributed by atoms with Crippen LogP contribution in [0.2, 0.25) is 0 Å². The second-order valence-corrected chi connectivity index (χ2v) is 5.90. The molecule has 0 aliphatic carbocycles. The number of hydrogen-bond acceptors (Lipinski definition) is 5. The number of Topliss-reactive ketones (excluding diaryl/α,β-unsaturated/α-hetero) is 1. The Labute approximate surface area is 148 Å². The molecule has 138 valence electrons. The van der Waals surface area contributed by atoms with Crippen LogP contribution in [0.25, 0.3) is 0 Å². The van der Waals surface area contributed by atoms with Crippen LogP contribution in [0.15, 0.2) is 30.3 Å². The third-order valence-electron chi connectivity index (χ3n) is 4.03. The summed E-state index contributed by atoms with van der Waals surface area (Å²) in [4.78, 5) is 35.5. The van der Waals surface area contributed by atoms with Gasteiger partial charge in [-0.15, -0.1) is 0 Å². The Bertz CT molecular complexity index is 568. The van der Waals surface area contributed by atoms with E-state index in [-0.39, 0.29) is 17.8 Å². The van der Waals surface area contributed by atoms with Gasteiger partial charge < -0.3 is 9.84 Å². The molecule has 2 rings (SSSR count). The third-order valence-corrected chi connectivity index (χ3v) is 4.03. The molecule has 2 unspecified atom stereocenters. The van der Waals surface area contributed by atoms with Crippen molar-refractivity contribution in [2.75, 3.05) is 13.2 Å². The first-order valence-electron chi connectivity index (χ1n) is 8.57. The number of likely N-dealkylation sites (tertiary alicyclic amines) is 1. The largest absolute Gasteiger partial charge is 0.481 e. The van der Waals surface area contributed by atoms with Gasteiger partial charge >= 0.3 is 5.97 Å². The van der Waals surface area contributed by atoms with Crippen LogP contribution >= 0.6 is 0 Å². The zero-order valence-corrected chi connectivity index (χ0v) is 15.1. The van der Waals surface area contributed by atoms with Crippen molar-refractivity contribution in [2.24, 2.45) is 5.92 Å². The van der Waals surface area contributed by atoms with Gasteiger partial charge in [0.25, 0.3) is 5.97 Å². The predicted molar refractivity (Wildman–Crippen MR) is 94.0 cm³/mol. The summed E-state index contributed by atoms with van der Waals surface area (Å²) < 4.78 is 5.10. The molecule has 1 aromatic carbocycles. The number of carboxylic acid groups (broad SMARTS) is 1. The summed E-state index contributed by atoms with van der Waals surface area (Å²) in [5, 5.41) is 7.42. The maximum Gasteiger partial charge on any atom is 0.318 e. The number of ketones is 1. The first kappa shape index (κ1) is 20.8. The molecule has 0 spiro atoms. The van der Waals surface area contributed by atoms with Crippen molar-refractivity contribution in [3.8, 4) is 0 Å². The normalized spacial score (nSPS) is 20.4. The highest BCUT2D eigenvalue weighted by molar-refractivity contribution is 6.00. The van der Waals surface area contributed by atoms with E-state index in [4.69, 9.17) is 14.6 Å². The van der Waals surface area contributed by atoms with Crippen molar-refractivity contribution in [3.63, 3.8) is 0 Å². The molecule has 6 heteroatoms. The highest BCUT2D eigenvalue weighted by Gasteiger charge is 2.41. The molecule has 0 saturated carbocycles. The molecule has 25 heavy (non-hydrogen) atoms. The van der Waals surface area contributed by atoms with Crippen LogP contribution < -0.4 is 0 Å². The lowest BCUT2D eigenvalue weighted by Gasteiger charge is -2.38. The van der Waals surface area contributed by atoms with E-state index in [1.54, 1.807) is 6.92 Å². The van der Waals surface area contributed by atoms with Crippen LogP contribution in [-0.4, -0.2) is 46.9 Å². The highest BCUT2D eigenvalue weighted by Crippen LogP contribution is 2.26. The summed E-state index contributed by atoms with van der Waals surface area (Å²) in [6.45, 7) is 6.67. The maximum absolute atomic E-state index is 12.2. The van der Waals surface area contributed by atoms with Crippen molar-refractivity contribution in [2.45, 2.75) is 46.2 Å².